The smallest absolute Gasteiger partial charge is 0.236 e. The fraction of sp³-hybridized carbons (Fsp3) is 0.143. The molecule has 0 atom stereocenters. The Hall–Kier alpha value is -1.61. The molecule has 0 fully saturated rings. The monoisotopic (exact) mass is 399 g/mol. The minimum absolute atomic E-state index is 0.140. The molecule has 0 saturated carbocycles. The maximum Gasteiger partial charge on any atom is 0.236 e. The number of thiophene rings is 1. The van der Waals surface area contributed by atoms with Gasteiger partial charge in [0.1, 0.15) is 0 Å². The summed E-state index contributed by atoms with van der Waals surface area (Å²) in [5, 5.41) is 12.8. The van der Waals surface area contributed by atoms with E-state index in [2.05, 4.69) is 25.5 Å². The fourth-order valence-corrected chi connectivity index (χ4v) is 3.45. The number of aryl methyl sites for hydroxylation is 1. The first kappa shape index (κ1) is 17.2. The molecule has 24 heavy (non-hydrogen) atoms. The zero-order valence-corrected chi connectivity index (χ0v) is 15.5. The number of aromatic amines is 1. The number of carbonyl (C=O) groups is 1. The third-order valence-electron chi connectivity index (χ3n) is 2.91. The van der Waals surface area contributed by atoms with Crippen LogP contribution < -0.4 is 5.32 Å². The van der Waals surface area contributed by atoms with Crippen molar-refractivity contribution < 1.29 is 4.79 Å². The molecule has 0 spiro atoms. The lowest BCUT2D eigenvalue weighted by Gasteiger charge is -2.07. The number of carbonyl (C=O) groups excluding carboxylic acids is 1. The fourth-order valence-electron chi connectivity index (χ4n) is 1.78. The summed E-state index contributed by atoms with van der Waals surface area (Å²) in [4.78, 5) is 21.5. The molecule has 10 heteroatoms. The minimum Gasteiger partial charge on any atom is -0.309 e. The molecule has 0 radical (unpaired) electrons. The Balaban J connectivity index is 1.59. The number of halogens is 2. The Labute approximate surface area is 156 Å². The van der Waals surface area contributed by atoms with E-state index in [0.29, 0.717) is 32.5 Å². The molecule has 1 amide bonds. The molecule has 3 heterocycles. The van der Waals surface area contributed by atoms with Crippen molar-refractivity contribution in [3.63, 3.8) is 0 Å². The maximum absolute atomic E-state index is 12.0. The summed E-state index contributed by atoms with van der Waals surface area (Å²) in [7, 11) is 0. The highest BCUT2D eigenvalue weighted by Gasteiger charge is 2.12. The van der Waals surface area contributed by atoms with Crippen LogP contribution in [0.1, 0.15) is 5.69 Å². The van der Waals surface area contributed by atoms with Gasteiger partial charge < -0.3 is 5.32 Å². The number of nitrogens with zero attached hydrogens (tertiary/aromatic N) is 3. The average Bonchev–Trinajstić information content (AvgIpc) is 3.21. The van der Waals surface area contributed by atoms with Crippen molar-refractivity contribution in [2.24, 2.45) is 0 Å². The Morgan fingerprint density at radius 2 is 2.21 bits per heavy atom. The van der Waals surface area contributed by atoms with Crippen LogP contribution in [0.2, 0.25) is 10.0 Å². The second-order valence-electron chi connectivity index (χ2n) is 4.67. The molecule has 0 saturated heterocycles. The topological polar surface area (TPSA) is 83.6 Å². The summed E-state index contributed by atoms with van der Waals surface area (Å²) in [5.41, 5.74) is 0.596. The van der Waals surface area contributed by atoms with E-state index in [0.717, 1.165) is 4.88 Å². The number of hydrogen-bond donors (Lipinski definition) is 2. The largest absolute Gasteiger partial charge is 0.309 e. The molecule has 0 aliphatic heterocycles. The first-order valence-corrected chi connectivity index (χ1v) is 9.36. The van der Waals surface area contributed by atoms with Crippen LogP contribution in [0.5, 0.6) is 0 Å². The highest BCUT2D eigenvalue weighted by Crippen LogP contribution is 2.26. The molecule has 124 valence electrons. The van der Waals surface area contributed by atoms with E-state index in [9.17, 15) is 4.79 Å². The van der Waals surface area contributed by atoms with Crippen molar-refractivity contribution in [2.45, 2.75) is 12.1 Å². The van der Waals surface area contributed by atoms with Crippen LogP contribution in [0.15, 0.2) is 28.7 Å². The highest BCUT2D eigenvalue weighted by atomic mass is 35.5. The van der Waals surface area contributed by atoms with Crippen LogP contribution in [-0.2, 0) is 4.79 Å². The van der Waals surface area contributed by atoms with Gasteiger partial charge in [-0.3, -0.25) is 9.89 Å². The Bertz CT molecular complexity index is 866. The van der Waals surface area contributed by atoms with E-state index in [1.165, 1.54) is 11.8 Å². The second kappa shape index (κ2) is 7.52. The van der Waals surface area contributed by atoms with E-state index in [4.69, 9.17) is 23.2 Å². The number of thioether (sulfide) groups is 1. The van der Waals surface area contributed by atoms with E-state index in [-0.39, 0.29) is 11.7 Å². The molecular weight excluding hydrogens is 389 g/mol. The van der Waals surface area contributed by atoms with Gasteiger partial charge in [-0.15, -0.1) is 16.4 Å². The molecule has 0 aliphatic carbocycles. The van der Waals surface area contributed by atoms with E-state index in [1.54, 1.807) is 24.3 Å². The van der Waals surface area contributed by atoms with Gasteiger partial charge in [0, 0.05) is 0 Å². The minimum atomic E-state index is -0.251. The number of amides is 1. The molecule has 6 nitrogen and oxygen atoms in total. The van der Waals surface area contributed by atoms with E-state index >= 15 is 0 Å². The van der Waals surface area contributed by atoms with Crippen LogP contribution in [-0.4, -0.2) is 31.8 Å². The summed E-state index contributed by atoms with van der Waals surface area (Å²) in [6.45, 7) is 1.74. The van der Waals surface area contributed by atoms with Gasteiger partial charge in [-0.2, -0.15) is 0 Å². The first-order valence-electron chi connectivity index (χ1n) is 6.74. The van der Waals surface area contributed by atoms with Crippen molar-refractivity contribution in [1.82, 2.24) is 20.2 Å². The van der Waals surface area contributed by atoms with E-state index in [1.807, 2.05) is 17.5 Å². The van der Waals surface area contributed by atoms with Crippen LogP contribution in [0, 0.1) is 6.92 Å². The maximum atomic E-state index is 12.0. The van der Waals surface area contributed by atoms with Crippen LogP contribution >= 0.6 is 46.3 Å². The lowest BCUT2D eigenvalue weighted by Crippen LogP contribution is -2.15. The third kappa shape index (κ3) is 4.07. The second-order valence-corrected chi connectivity index (χ2v) is 7.37. The zero-order chi connectivity index (χ0) is 17.1. The number of aromatic nitrogens is 4. The van der Waals surface area contributed by atoms with Gasteiger partial charge >= 0.3 is 0 Å². The van der Waals surface area contributed by atoms with Crippen molar-refractivity contribution in [3.8, 4) is 10.7 Å². The summed E-state index contributed by atoms with van der Waals surface area (Å²) in [6, 6.07) is 5.44. The van der Waals surface area contributed by atoms with Gasteiger partial charge in [0.05, 0.1) is 26.4 Å². The molecule has 3 aromatic rings. The number of anilines is 1. The van der Waals surface area contributed by atoms with Crippen LogP contribution in [0.25, 0.3) is 10.7 Å². The van der Waals surface area contributed by atoms with Crippen molar-refractivity contribution in [2.75, 3.05) is 11.1 Å². The van der Waals surface area contributed by atoms with Crippen LogP contribution in [0.3, 0.4) is 0 Å². The molecule has 3 aromatic heterocycles. The molecule has 2 N–H and O–H groups in total. The summed E-state index contributed by atoms with van der Waals surface area (Å²) < 4.78 is 0. The molecule has 0 aromatic carbocycles. The standard InChI is InChI=1S/C14H11Cl2N5OS2/c1-7-8(15)5-9(16)12(17-7)18-11(22)6-24-14-19-13(20-21-14)10-3-2-4-23-10/h2-5H,6H2,1H3,(H,17,18,22)(H,19,20,21). The van der Waals surface area contributed by atoms with Gasteiger partial charge in [-0.1, -0.05) is 41.0 Å². The lowest BCUT2D eigenvalue weighted by atomic mass is 10.3. The SMILES string of the molecule is Cc1nc(NC(=O)CSc2n[nH]c(-c3cccs3)n2)c(Cl)cc1Cl. The van der Waals surface area contributed by atoms with Crippen molar-refractivity contribution >= 4 is 58.0 Å². The quantitative estimate of drug-likeness (QED) is 0.625. The summed E-state index contributed by atoms with van der Waals surface area (Å²) >= 11 is 14.7. The van der Waals surface area contributed by atoms with Gasteiger partial charge in [-0.25, -0.2) is 9.97 Å². The van der Waals surface area contributed by atoms with Crippen molar-refractivity contribution in [1.29, 1.82) is 0 Å². The number of rotatable bonds is 5. The number of hydrogen-bond acceptors (Lipinski definition) is 6. The molecule has 0 unspecified atom stereocenters. The average molecular weight is 400 g/mol. The predicted octanol–water partition coefficient (Wildman–Crippen LogP) is 4.27. The molecule has 3 rings (SSSR count). The number of H-pyrrole nitrogens is 1. The summed E-state index contributed by atoms with van der Waals surface area (Å²) in [6.07, 6.45) is 0. The number of nitrogens with one attached hydrogen (secondary N) is 2. The highest BCUT2D eigenvalue weighted by molar-refractivity contribution is 7.99. The molecular formula is C14H11Cl2N5OS2. The predicted molar refractivity (Wildman–Crippen MR) is 98.0 cm³/mol. The van der Waals surface area contributed by atoms with Gasteiger partial charge in [0.25, 0.3) is 0 Å². The van der Waals surface area contributed by atoms with Crippen LogP contribution in [0.4, 0.5) is 5.82 Å². The van der Waals surface area contributed by atoms with E-state index < -0.39 is 0 Å². The lowest BCUT2D eigenvalue weighted by molar-refractivity contribution is -0.113. The molecule has 0 bridgehead atoms. The van der Waals surface area contributed by atoms with Gasteiger partial charge in [-0.05, 0) is 24.4 Å². The third-order valence-corrected chi connectivity index (χ3v) is 5.31. The van der Waals surface area contributed by atoms with Gasteiger partial charge in [0.2, 0.25) is 11.1 Å². The van der Waals surface area contributed by atoms with Crippen molar-refractivity contribution in [3.05, 3.63) is 39.3 Å². The number of pyridine rings is 1. The first-order chi connectivity index (χ1) is 11.5. The Kier molecular flexibility index (Phi) is 5.40. The molecule has 0 aliphatic rings. The summed E-state index contributed by atoms with van der Waals surface area (Å²) in [5.74, 6) is 0.865. The zero-order valence-electron chi connectivity index (χ0n) is 12.3. The normalized spacial score (nSPS) is 10.8. The Morgan fingerprint density at radius 3 is 2.96 bits per heavy atom. The Morgan fingerprint density at radius 1 is 1.38 bits per heavy atom. The van der Waals surface area contributed by atoms with Gasteiger partial charge in [0.15, 0.2) is 11.6 Å².